The van der Waals surface area contributed by atoms with Gasteiger partial charge >= 0.3 is 0 Å². The van der Waals surface area contributed by atoms with Gasteiger partial charge in [-0.15, -0.1) is 10.2 Å². The second-order valence-electron chi connectivity index (χ2n) is 2.48. The Bertz CT molecular complexity index is 185. The largest absolute Gasteiger partial charge is 0.330 e. The van der Waals surface area contributed by atoms with E-state index in [0.717, 1.165) is 25.2 Å². The van der Waals surface area contributed by atoms with Crippen molar-refractivity contribution < 1.29 is 0 Å². The van der Waals surface area contributed by atoms with Crippen LogP contribution in [0.5, 0.6) is 0 Å². The van der Waals surface area contributed by atoms with Gasteiger partial charge in [0.15, 0.2) is 0 Å². The maximum Gasteiger partial charge on any atom is 0.134 e. The first-order chi connectivity index (χ1) is 5.38. The average Bonchev–Trinajstić information content (AvgIpc) is 2.39. The van der Waals surface area contributed by atoms with E-state index in [2.05, 4.69) is 17.1 Å². The van der Waals surface area contributed by atoms with E-state index >= 15 is 0 Å². The predicted octanol–water partition coefficient (Wildman–Crippen LogP) is 0.189. The first-order valence-electron chi connectivity index (χ1n) is 3.95. The number of rotatable bonds is 4. The molecular weight excluding hydrogens is 140 g/mol. The average molecular weight is 154 g/mol. The third-order valence-corrected chi connectivity index (χ3v) is 1.53. The zero-order valence-electron chi connectivity index (χ0n) is 6.82. The lowest BCUT2D eigenvalue weighted by Crippen LogP contribution is -2.09. The molecule has 0 aliphatic heterocycles. The maximum atomic E-state index is 5.40. The van der Waals surface area contributed by atoms with Gasteiger partial charge < -0.3 is 10.3 Å². The topological polar surface area (TPSA) is 56.7 Å². The summed E-state index contributed by atoms with van der Waals surface area (Å²) in [5.41, 5.74) is 5.40. The first kappa shape index (κ1) is 8.20. The van der Waals surface area contributed by atoms with Gasteiger partial charge in [-0.25, -0.2) is 0 Å². The van der Waals surface area contributed by atoms with Crippen molar-refractivity contribution in [1.29, 1.82) is 0 Å². The van der Waals surface area contributed by atoms with Crippen LogP contribution in [-0.2, 0) is 13.0 Å². The van der Waals surface area contributed by atoms with Crippen LogP contribution in [0.3, 0.4) is 0 Å². The van der Waals surface area contributed by atoms with Gasteiger partial charge in [0.05, 0.1) is 0 Å². The minimum Gasteiger partial charge on any atom is -0.330 e. The number of aryl methyl sites for hydroxylation is 1. The molecule has 2 N–H and O–H groups in total. The molecule has 11 heavy (non-hydrogen) atoms. The molecule has 1 heterocycles. The molecule has 0 amide bonds. The molecule has 0 saturated carbocycles. The van der Waals surface area contributed by atoms with E-state index in [1.165, 1.54) is 0 Å². The number of hydrogen-bond acceptors (Lipinski definition) is 3. The Morgan fingerprint density at radius 3 is 3.09 bits per heavy atom. The standard InChI is InChI=1S/C7H14N4/c1-2-5-11-6-9-10-7(11)3-4-8/h6H,2-5,8H2,1H3. The van der Waals surface area contributed by atoms with Crippen molar-refractivity contribution >= 4 is 0 Å². The van der Waals surface area contributed by atoms with E-state index in [-0.39, 0.29) is 0 Å². The summed E-state index contributed by atoms with van der Waals surface area (Å²) in [6.07, 6.45) is 3.68. The van der Waals surface area contributed by atoms with E-state index < -0.39 is 0 Å². The molecule has 62 valence electrons. The first-order valence-corrected chi connectivity index (χ1v) is 3.95. The molecule has 0 aliphatic rings. The number of nitrogens with two attached hydrogens (primary N) is 1. The second-order valence-corrected chi connectivity index (χ2v) is 2.48. The van der Waals surface area contributed by atoms with Crippen molar-refractivity contribution in [1.82, 2.24) is 14.8 Å². The van der Waals surface area contributed by atoms with Crippen molar-refractivity contribution in [3.8, 4) is 0 Å². The monoisotopic (exact) mass is 154 g/mol. The molecule has 0 saturated heterocycles. The summed E-state index contributed by atoms with van der Waals surface area (Å²) in [5, 5.41) is 7.77. The van der Waals surface area contributed by atoms with Gasteiger partial charge in [-0.05, 0) is 13.0 Å². The molecule has 4 nitrogen and oxygen atoms in total. The van der Waals surface area contributed by atoms with E-state index in [9.17, 15) is 0 Å². The highest BCUT2D eigenvalue weighted by Gasteiger charge is 2.00. The third kappa shape index (κ3) is 2.01. The lowest BCUT2D eigenvalue weighted by molar-refractivity contribution is 0.636. The fourth-order valence-electron chi connectivity index (χ4n) is 1.03. The molecule has 0 aromatic carbocycles. The maximum absolute atomic E-state index is 5.40. The van der Waals surface area contributed by atoms with Crippen LogP contribution in [0.15, 0.2) is 6.33 Å². The SMILES string of the molecule is CCCn1cnnc1CCN. The molecule has 1 aromatic heterocycles. The van der Waals surface area contributed by atoms with Crippen molar-refractivity contribution in [2.75, 3.05) is 6.54 Å². The molecule has 0 bridgehead atoms. The lowest BCUT2D eigenvalue weighted by atomic mass is 10.4. The minimum absolute atomic E-state index is 0.641. The second kappa shape index (κ2) is 4.08. The van der Waals surface area contributed by atoms with E-state index in [1.807, 2.05) is 4.57 Å². The van der Waals surface area contributed by atoms with Crippen molar-refractivity contribution in [2.24, 2.45) is 5.73 Å². The number of nitrogens with zero attached hydrogens (tertiary/aromatic N) is 3. The molecule has 0 fully saturated rings. The van der Waals surface area contributed by atoms with Crippen molar-refractivity contribution in [3.63, 3.8) is 0 Å². The van der Waals surface area contributed by atoms with Gasteiger partial charge in [0, 0.05) is 13.0 Å². The summed E-state index contributed by atoms with van der Waals surface area (Å²) in [6.45, 7) is 3.76. The summed E-state index contributed by atoms with van der Waals surface area (Å²) in [6, 6.07) is 0. The normalized spacial score (nSPS) is 10.4. The smallest absolute Gasteiger partial charge is 0.134 e. The zero-order chi connectivity index (χ0) is 8.10. The Hall–Kier alpha value is -0.900. The molecule has 4 heteroatoms. The van der Waals surface area contributed by atoms with Crippen LogP contribution in [-0.4, -0.2) is 21.3 Å². The molecular formula is C7H14N4. The summed E-state index contributed by atoms with van der Waals surface area (Å²) in [7, 11) is 0. The summed E-state index contributed by atoms with van der Waals surface area (Å²) in [4.78, 5) is 0. The highest BCUT2D eigenvalue weighted by molar-refractivity contribution is 4.85. The van der Waals surface area contributed by atoms with Crippen LogP contribution in [0.4, 0.5) is 0 Å². The molecule has 0 unspecified atom stereocenters. The highest BCUT2D eigenvalue weighted by atomic mass is 15.3. The Morgan fingerprint density at radius 1 is 1.64 bits per heavy atom. The Balaban J connectivity index is 2.62. The lowest BCUT2D eigenvalue weighted by Gasteiger charge is -2.01. The molecule has 0 aliphatic carbocycles. The van der Waals surface area contributed by atoms with Crippen LogP contribution in [0.25, 0.3) is 0 Å². The highest BCUT2D eigenvalue weighted by Crippen LogP contribution is 1.96. The van der Waals surface area contributed by atoms with E-state index in [4.69, 9.17) is 5.73 Å². The van der Waals surface area contributed by atoms with Gasteiger partial charge in [-0.2, -0.15) is 0 Å². The number of hydrogen-bond donors (Lipinski definition) is 1. The molecule has 0 spiro atoms. The van der Waals surface area contributed by atoms with Crippen LogP contribution in [0.2, 0.25) is 0 Å². The summed E-state index contributed by atoms with van der Waals surface area (Å²) in [5.74, 6) is 0.995. The van der Waals surface area contributed by atoms with Gasteiger partial charge in [0.2, 0.25) is 0 Å². The van der Waals surface area contributed by atoms with Gasteiger partial charge in [-0.3, -0.25) is 0 Å². The molecule has 1 aromatic rings. The van der Waals surface area contributed by atoms with Crippen LogP contribution < -0.4 is 5.73 Å². The molecule has 1 rings (SSSR count). The molecule has 0 radical (unpaired) electrons. The zero-order valence-corrected chi connectivity index (χ0v) is 6.82. The summed E-state index contributed by atoms with van der Waals surface area (Å²) < 4.78 is 2.05. The summed E-state index contributed by atoms with van der Waals surface area (Å²) >= 11 is 0. The van der Waals surface area contributed by atoms with E-state index in [0.29, 0.717) is 6.54 Å². The van der Waals surface area contributed by atoms with Crippen molar-refractivity contribution in [2.45, 2.75) is 26.3 Å². The van der Waals surface area contributed by atoms with Gasteiger partial charge in [0.1, 0.15) is 12.2 Å². The van der Waals surface area contributed by atoms with Gasteiger partial charge in [-0.1, -0.05) is 6.92 Å². The quantitative estimate of drug-likeness (QED) is 0.673. The van der Waals surface area contributed by atoms with Crippen LogP contribution >= 0.6 is 0 Å². The third-order valence-electron chi connectivity index (χ3n) is 1.53. The van der Waals surface area contributed by atoms with Crippen molar-refractivity contribution in [3.05, 3.63) is 12.2 Å². The van der Waals surface area contributed by atoms with Gasteiger partial charge in [0.25, 0.3) is 0 Å². The fraction of sp³-hybridized carbons (Fsp3) is 0.714. The Labute approximate surface area is 66.4 Å². The Kier molecular flexibility index (Phi) is 3.04. The Morgan fingerprint density at radius 2 is 2.45 bits per heavy atom. The number of aromatic nitrogens is 3. The fourth-order valence-corrected chi connectivity index (χ4v) is 1.03. The van der Waals surface area contributed by atoms with Crippen LogP contribution in [0.1, 0.15) is 19.2 Å². The minimum atomic E-state index is 0.641. The molecule has 0 atom stereocenters. The van der Waals surface area contributed by atoms with Crippen LogP contribution in [0, 0.1) is 0 Å². The predicted molar refractivity (Wildman–Crippen MR) is 43.1 cm³/mol. The van der Waals surface area contributed by atoms with E-state index in [1.54, 1.807) is 6.33 Å².